The Labute approximate surface area is 124 Å². The zero-order valence-electron chi connectivity index (χ0n) is 11.5. The standard InChI is InChI=1S/C17H23BrO/c18-13-16-9-5-4-8-15(16)12-17(19)11-10-14-6-2-1-3-7-14/h4-5,8-9,14H,1-3,6-7,10-13H2. The van der Waals surface area contributed by atoms with E-state index in [0.29, 0.717) is 12.2 Å². The monoisotopic (exact) mass is 322 g/mol. The highest BCUT2D eigenvalue weighted by Gasteiger charge is 2.15. The number of carbonyl (C=O) groups excluding carboxylic acids is 1. The van der Waals surface area contributed by atoms with Gasteiger partial charge in [0, 0.05) is 18.2 Å². The van der Waals surface area contributed by atoms with Gasteiger partial charge in [-0.05, 0) is 23.5 Å². The van der Waals surface area contributed by atoms with Crippen molar-refractivity contribution in [2.75, 3.05) is 0 Å². The van der Waals surface area contributed by atoms with Crippen molar-refractivity contribution in [2.24, 2.45) is 5.92 Å². The van der Waals surface area contributed by atoms with Gasteiger partial charge in [-0.3, -0.25) is 4.79 Å². The van der Waals surface area contributed by atoms with Crippen molar-refractivity contribution in [1.82, 2.24) is 0 Å². The fraction of sp³-hybridized carbons (Fsp3) is 0.588. The van der Waals surface area contributed by atoms with Crippen LogP contribution in [0.3, 0.4) is 0 Å². The smallest absolute Gasteiger partial charge is 0.137 e. The van der Waals surface area contributed by atoms with Gasteiger partial charge < -0.3 is 0 Å². The first kappa shape index (κ1) is 14.8. The van der Waals surface area contributed by atoms with Crippen molar-refractivity contribution in [1.29, 1.82) is 0 Å². The maximum absolute atomic E-state index is 12.1. The van der Waals surface area contributed by atoms with Crippen LogP contribution < -0.4 is 0 Å². The number of benzene rings is 1. The van der Waals surface area contributed by atoms with Crippen LogP contribution in [0, 0.1) is 5.92 Å². The average Bonchev–Trinajstić information content (AvgIpc) is 2.47. The topological polar surface area (TPSA) is 17.1 Å². The van der Waals surface area contributed by atoms with Crippen molar-refractivity contribution in [3.63, 3.8) is 0 Å². The van der Waals surface area contributed by atoms with E-state index in [1.165, 1.54) is 43.2 Å². The van der Waals surface area contributed by atoms with E-state index in [4.69, 9.17) is 0 Å². The third-order valence-electron chi connectivity index (χ3n) is 4.21. The summed E-state index contributed by atoms with van der Waals surface area (Å²) in [6.07, 6.45) is 9.28. The van der Waals surface area contributed by atoms with Crippen molar-refractivity contribution in [3.8, 4) is 0 Å². The van der Waals surface area contributed by atoms with Gasteiger partial charge in [0.1, 0.15) is 5.78 Å². The van der Waals surface area contributed by atoms with Crippen molar-refractivity contribution in [3.05, 3.63) is 35.4 Å². The summed E-state index contributed by atoms with van der Waals surface area (Å²) in [5.41, 5.74) is 2.43. The Morgan fingerprint density at radius 3 is 2.47 bits per heavy atom. The maximum atomic E-state index is 12.1. The molecule has 104 valence electrons. The molecule has 1 fully saturated rings. The van der Waals surface area contributed by atoms with Crippen LogP contribution in [0.1, 0.15) is 56.1 Å². The molecule has 1 saturated carbocycles. The molecule has 0 heterocycles. The number of ketones is 1. The third kappa shape index (κ3) is 4.76. The number of hydrogen-bond donors (Lipinski definition) is 0. The van der Waals surface area contributed by atoms with E-state index in [0.717, 1.165) is 24.1 Å². The summed E-state index contributed by atoms with van der Waals surface area (Å²) in [5, 5.41) is 0.832. The molecule has 0 amide bonds. The van der Waals surface area contributed by atoms with Gasteiger partial charge in [-0.1, -0.05) is 72.3 Å². The molecule has 2 rings (SSSR count). The molecule has 0 bridgehead atoms. The lowest BCUT2D eigenvalue weighted by atomic mass is 9.85. The highest BCUT2D eigenvalue weighted by atomic mass is 79.9. The zero-order chi connectivity index (χ0) is 13.5. The minimum atomic E-state index is 0.402. The fourth-order valence-corrected chi connectivity index (χ4v) is 3.55. The summed E-state index contributed by atoms with van der Waals surface area (Å²) in [6.45, 7) is 0. The summed E-state index contributed by atoms with van der Waals surface area (Å²) in [5.74, 6) is 1.21. The summed E-state index contributed by atoms with van der Waals surface area (Å²) in [6, 6.07) is 8.23. The summed E-state index contributed by atoms with van der Waals surface area (Å²) in [7, 11) is 0. The molecule has 1 nitrogen and oxygen atoms in total. The van der Waals surface area contributed by atoms with E-state index in [9.17, 15) is 4.79 Å². The quantitative estimate of drug-likeness (QED) is 0.669. The molecule has 1 aliphatic carbocycles. The highest BCUT2D eigenvalue weighted by Crippen LogP contribution is 2.27. The van der Waals surface area contributed by atoms with E-state index < -0.39 is 0 Å². The SMILES string of the molecule is O=C(CCC1CCCCC1)Cc1ccccc1CBr. The van der Waals surface area contributed by atoms with Gasteiger partial charge in [0.15, 0.2) is 0 Å². The minimum Gasteiger partial charge on any atom is -0.299 e. The molecule has 0 saturated heterocycles. The summed E-state index contributed by atoms with van der Waals surface area (Å²) >= 11 is 3.49. The Bertz CT molecular complexity index is 407. The Hall–Kier alpha value is -0.630. The molecule has 19 heavy (non-hydrogen) atoms. The Kier molecular flexibility index (Phi) is 6.09. The van der Waals surface area contributed by atoms with E-state index in [1.807, 2.05) is 12.1 Å². The van der Waals surface area contributed by atoms with Crippen LogP contribution in [0.4, 0.5) is 0 Å². The van der Waals surface area contributed by atoms with Gasteiger partial charge in [-0.25, -0.2) is 0 Å². The number of Topliss-reactive ketones (excluding diaryl/α,β-unsaturated/α-hetero) is 1. The lowest BCUT2D eigenvalue weighted by Crippen LogP contribution is -2.11. The van der Waals surface area contributed by atoms with Crippen LogP contribution in [-0.4, -0.2) is 5.78 Å². The molecule has 0 spiro atoms. The Balaban J connectivity index is 1.80. The molecule has 0 atom stereocenters. The summed E-state index contributed by atoms with van der Waals surface area (Å²) in [4.78, 5) is 12.1. The molecular formula is C17H23BrO. The maximum Gasteiger partial charge on any atom is 0.137 e. The van der Waals surface area contributed by atoms with Gasteiger partial charge in [0.25, 0.3) is 0 Å². The lowest BCUT2D eigenvalue weighted by molar-refractivity contribution is -0.118. The average molecular weight is 323 g/mol. The van der Waals surface area contributed by atoms with Crippen molar-refractivity contribution < 1.29 is 4.79 Å². The Morgan fingerprint density at radius 1 is 1.11 bits per heavy atom. The van der Waals surface area contributed by atoms with E-state index >= 15 is 0 Å². The minimum absolute atomic E-state index is 0.402. The molecule has 0 N–H and O–H groups in total. The van der Waals surface area contributed by atoms with E-state index in [-0.39, 0.29) is 0 Å². The molecule has 2 heteroatoms. The second-order valence-electron chi connectivity index (χ2n) is 5.66. The first-order valence-corrected chi connectivity index (χ1v) is 8.56. The molecule has 1 aromatic carbocycles. The molecular weight excluding hydrogens is 300 g/mol. The number of rotatable bonds is 6. The second kappa shape index (κ2) is 7.84. The van der Waals surface area contributed by atoms with Crippen LogP contribution in [0.15, 0.2) is 24.3 Å². The van der Waals surface area contributed by atoms with Crippen LogP contribution in [-0.2, 0) is 16.5 Å². The van der Waals surface area contributed by atoms with Crippen LogP contribution >= 0.6 is 15.9 Å². The molecule has 0 aromatic heterocycles. The zero-order valence-corrected chi connectivity index (χ0v) is 13.1. The third-order valence-corrected chi connectivity index (χ3v) is 4.81. The number of carbonyl (C=O) groups is 1. The van der Waals surface area contributed by atoms with Gasteiger partial charge >= 0.3 is 0 Å². The second-order valence-corrected chi connectivity index (χ2v) is 6.22. The highest BCUT2D eigenvalue weighted by molar-refractivity contribution is 9.08. The van der Waals surface area contributed by atoms with Crippen molar-refractivity contribution in [2.45, 2.75) is 56.7 Å². The number of alkyl halides is 1. The Morgan fingerprint density at radius 2 is 1.79 bits per heavy atom. The number of hydrogen-bond acceptors (Lipinski definition) is 1. The predicted octanol–water partition coefficient (Wildman–Crippen LogP) is 5.05. The largest absolute Gasteiger partial charge is 0.299 e. The molecule has 0 unspecified atom stereocenters. The molecule has 0 aliphatic heterocycles. The normalized spacial score (nSPS) is 16.5. The lowest BCUT2D eigenvalue weighted by Gasteiger charge is -2.21. The van der Waals surface area contributed by atoms with Crippen LogP contribution in [0.2, 0.25) is 0 Å². The van der Waals surface area contributed by atoms with Crippen LogP contribution in [0.25, 0.3) is 0 Å². The van der Waals surface area contributed by atoms with Gasteiger partial charge in [0.2, 0.25) is 0 Å². The molecule has 1 aliphatic rings. The van der Waals surface area contributed by atoms with Gasteiger partial charge in [-0.15, -0.1) is 0 Å². The predicted molar refractivity (Wildman–Crippen MR) is 83.6 cm³/mol. The number of halogens is 1. The molecule has 1 aromatic rings. The van der Waals surface area contributed by atoms with Gasteiger partial charge in [-0.2, -0.15) is 0 Å². The fourth-order valence-electron chi connectivity index (χ4n) is 3.00. The molecule has 0 radical (unpaired) electrons. The first-order chi connectivity index (χ1) is 9.29. The first-order valence-electron chi connectivity index (χ1n) is 7.44. The summed E-state index contributed by atoms with van der Waals surface area (Å²) < 4.78 is 0. The van der Waals surface area contributed by atoms with E-state index in [2.05, 4.69) is 28.1 Å². The van der Waals surface area contributed by atoms with E-state index in [1.54, 1.807) is 0 Å². The van der Waals surface area contributed by atoms with Gasteiger partial charge in [0.05, 0.1) is 0 Å². The van der Waals surface area contributed by atoms with Crippen LogP contribution in [0.5, 0.6) is 0 Å². The van der Waals surface area contributed by atoms with Crippen molar-refractivity contribution >= 4 is 21.7 Å².